The number of halogens is 3. The van der Waals surface area contributed by atoms with Gasteiger partial charge in [-0.25, -0.2) is 4.98 Å². The lowest BCUT2D eigenvalue weighted by atomic mass is 10.2. The van der Waals surface area contributed by atoms with E-state index >= 15 is 0 Å². The highest BCUT2D eigenvalue weighted by atomic mass is 35.5. The Balaban J connectivity index is 1.78. The van der Waals surface area contributed by atoms with Gasteiger partial charge in [0.25, 0.3) is 0 Å². The molecule has 0 bridgehead atoms. The second-order valence-electron chi connectivity index (χ2n) is 4.92. The van der Waals surface area contributed by atoms with Gasteiger partial charge >= 0.3 is 0 Å². The molecule has 0 saturated heterocycles. The Labute approximate surface area is 138 Å². The van der Waals surface area contributed by atoms with Crippen molar-refractivity contribution < 1.29 is 4.74 Å². The molecule has 1 aromatic heterocycles. The van der Waals surface area contributed by atoms with E-state index in [0.29, 0.717) is 39.3 Å². The third-order valence-electron chi connectivity index (χ3n) is 3.20. The lowest BCUT2D eigenvalue weighted by Gasteiger charge is -2.10. The molecule has 0 spiro atoms. The molecule has 1 heterocycles. The van der Waals surface area contributed by atoms with E-state index in [1.54, 1.807) is 24.4 Å². The van der Waals surface area contributed by atoms with Crippen LogP contribution in [0.15, 0.2) is 30.5 Å². The second-order valence-corrected chi connectivity index (χ2v) is 6.12. The fourth-order valence-corrected chi connectivity index (χ4v) is 2.37. The smallest absolute Gasteiger partial charge is 0.219 e. The molecule has 3 nitrogen and oxygen atoms in total. The van der Waals surface area contributed by atoms with E-state index in [2.05, 4.69) is 10.3 Å². The van der Waals surface area contributed by atoms with E-state index in [1.165, 1.54) is 12.8 Å². The van der Waals surface area contributed by atoms with Gasteiger partial charge in [0.1, 0.15) is 10.8 Å². The summed E-state index contributed by atoms with van der Waals surface area (Å²) >= 11 is 18.2. The molecule has 0 atom stereocenters. The lowest BCUT2D eigenvalue weighted by molar-refractivity contribution is 0.462. The minimum Gasteiger partial charge on any atom is -0.437 e. The number of pyridine rings is 1. The highest BCUT2D eigenvalue weighted by Crippen LogP contribution is 2.34. The van der Waals surface area contributed by atoms with E-state index in [1.807, 2.05) is 6.07 Å². The number of hydrogen-bond acceptors (Lipinski definition) is 3. The highest BCUT2D eigenvalue weighted by molar-refractivity contribution is 6.42. The molecule has 1 N–H and O–H groups in total. The second kappa shape index (κ2) is 6.41. The van der Waals surface area contributed by atoms with Crippen LogP contribution in [0.2, 0.25) is 15.1 Å². The quantitative estimate of drug-likeness (QED) is 0.821. The van der Waals surface area contributed by atoms with Crippen LogP contribution in [0.25, 0.3) is 0 Å². The van der Waals surface area contributed by atoms with Gasteiger partial charge in [0, 0.05) is 24.8 Å². The predicted octanol–water partition coefficient (Wildman–Crippen LogP) is 5.09. The molecular weight excluding hydrogens is 331 g/mol. The molecule has 3 rings (SSSR count). The number of nitrogens with one attached hydrogen (secondary N) is 1. The topological polar surface area (TPSA) is 34.1 Å². The summed E-state index contributed by atoms with van der Waals surface area (Å²) in [6.07, 6.45) is 4.04. The van der Waals surface area contributed by atoms with Crippen molar-refractivity contribution >= 4 is 34.8 Å². The Kier molecular flexibility index (Phi) is 4.55. The SMILES string of the molecule is Clc1cnc(Oc2cccc(Cl)c2Cl)cc1CNC1CC1. The van der Waals surface area contributed by atoms with Gasteiger partial charge in [0.05, 0.1) is 10.0 Å². The number of ether oxygens (including phenoxy) is 1. The van der Waals surface area contributed by atoms with Crippen LogP contribution in [-0.4, -0.2) is 11.0 Å². The minimum absolute atomic E-state index is 0.369. The van der Waals surface area contributed by atoms with Crippen LogP contribution in [0.4, 0.5) is 0 Å². The molecule has 1 aliphatic rings. The first-order valence-corrected chi connectivity index (χ1v) is 7.76. The van der Waals surface area contributed by atoms with Gasteiger partial charge in [-0.05, 0) is 30.5 Å². The van der Waals surface area contributed by atoms with Gasteiger partial charge in [-0.3, -0.25) is 0 Å². The molecule has 1 aliphatic carbocycles. The molecule has 0 radical (unpaired) electrons. The summed E-state index contributed by atoms with van der Waals surface area (Å²) < 4.78 is 5.69. The van der Waals surface area contributed by atoms with Crippen molar-refractivity contribution in [3.8, 4) is 11.6 Å². The molecule has 0 aliphatic heterocycles. The highest BCUT2D eigenvalue weighted by Gasteiger charge is 2.20. The van der Waals surface area contributed by atoms with Gasteiger partial charge in [-0.15, -0.1) is 0 Å². The van der Waals surface area contributed by atoms with Crippen LogP contribution in [0.1, 0.15) is 18.4 Å². The van der Waals surface area contributed by atoms with Crippen molar-refractivity contribution in [1.29, 1.82) is 0 Å². The van der Waals surface area contributed by atoms with Gasteiger partial charge < -0.3 is 10.1 Å². The largest absolute Gasteiger partial charge is 0.437 e. The molecule has 0 unspecified atom stereocenters. The summed E-state index contributed by atoms with van der Waals surface area (Å²) in [7, 11) is 0. The monoisotopic (exact) mass is 342 g/mol. The molecule has 6 heteroatoms. The zero-order valence-electron chi connectivity index (χ0n) is 11.1. The van der Waals surface area contributed by atoms with Gasteiger partial charge in [0.15, 0.2) is 0 Å². The fraction of sp³-hybridized carbons (Fsp3) is 0.267. The first kappa shape index (κ1) is 14.9. The van der Waals surface area contributed by atoms with Crippen LogP contribution in [0.5, 0.6) is 11.6 Å². The number of nitrogens with zero attached hydrogens (tertiary/aromatic N) is 1. The number of aromatic nitrogens is 1. The van der Waals surface area contributed by atoms with Crippen molar-refractivity contribution in [3.63, 3.8) is 0 Å². The summed E-state index contributed by atoms with van der Waals surface area (Å²) in [6, 6.07) is 7.65. The summed E-state index contributed by atoms with van der Waals surface area (Å²) in [5.74, 6) is 0.913. The molecule has 1 aromatic carbocycles. The number of rotatable bonds is 5. The molecular formula is C15H13Cl3N2O. The van der Waals surface area contributed by atoms with Crippen LogP contribution in [0.3, 0.4) is 0 Å². The third kappa shape index (κ3) is 3.80. The Bertz CT molecular complexity index is 659. The number of benzene rings is 1. The summed E-state index contributed by atoms with van der Waals surface area (Å²) in [4.78, 5) is 4.16. The molecule has 1 fully saturated rings. The lowest BCUT2D eigenvalue weighted by Crippen LogP contribution is -2.15. The summed E-state index contributed by atoms with van der Waals surface area (Å²) in [6.45, 7) is 0.700. The predicted molar refractivity (Wildman–Crippen MR) is 85.6 cm³/mol. The van der Waals surface area contributed by atoms with Crippen LogP contribution in [0, 0.1) is 0 Å². The van der Waals surface area contributed by atoms with Crippen LogP contribution >= 0.6 is 34.8 Å². The van der Waals surface area contributed by atoms with Gasteiger partial charge in [-0.1, -0.05) is 40.9 Å². The molecule has 0 amide bonds. The Morgan fingerprint density at radius 1 is 1.19 bits per heavy atom. The number of hydrogen-bond donors (Lipinski definition) is 1. The summed E-state index contributed by atoms with van der Waals surface area (Å²) in [5.41, 5.74) is 0.951. The maximum absolute atomic E-state index is 6.15. The van der Waals surface area contributed by atoms with Crippen molar-refractivity contribution in [2.45, 2.75) is 25.4 Å². The Morgan fingerprint density at radius 2 is 2.00 bits per heavy atom. The van der Waals surface area contributed by atoms with Crippen molar-refractivity contribution in [2.24, 2.45) is 0 Å². The standard InChI is InChI=1S/C15H13Cl3N2O/c16-11-2-1-3-13(15(11)18)21-14-6-9(12(17)8-20-14)7-19-10-4-5-10/h1-3,6,8,10,19H,4-5,7H2. The molecule has 21 heavy (non-hydrogen) atoms. The average Bonchev–Trinajstić information content (AvgIpc) is 3.28. The van der Waals surface area contributed by atoms with E-state index in [0.717, 1.165) is 5.56 Å². The molecule has 1 saturated carbocycles. The third-order valence-corrected chi connectivity index (χ3v) is 4.34. The molecule has 110 valence electrons. The Morgan fingerprint density at radius 3 is 2.76 bits per heavy atom. The maximum atomic E-state index is 6.15. The van der Waals surface area contributed by atoms with Crippen molar-refractivity contribution in [1.82, 2.24) is 10.3 Å². The van der Waals surface area contributed by atoms with E-state index in [4.69, 9.17) is 39.5 Å². The maximum Gasteiger partial charge on any atom is 0.219 e. The van der Waals surface area contributed by atoms with E-state index in [9.17, 15) is 0 Å². The zero-order valence-corrected chi connectivity index (χ0v) is 13.3. The average molecular weight is 344 g/mol. The van der Waals surface area contributed by atoms with Crippen molar-refractivity contribution in [2.75, 3.05) is 0 Å². The van der Waals surface area contributed by atoms with Crippen LogP contribution in [-0.2, 0) is 6.54 Å². The van der Waals surface area contributed by atoms with Gasteiger partial charge in [-0.2, -0.15) is 0 Å². The van der Waals surface area contributed by atoms with E-state index < -0.39 is 0 Å². The van der Waals surface area contributed by atoms with Crippen LogP contribution < -0.4 is 10.1 Å². The normalized spacial score (nSPS) is 14.2. The Hall–Kier alpha value is -1.00. The van der Waals surface area contributed by atoms with Gasteiger partial charge in [0.2, 0.25) is 5.88 Å². The minimum atomic E-state index is 0.369. The summed E-state index contributed by atoms with van der Waals surface area (Å²) in [5, 5.41) is 4.84. The molecule has 2 aromatic rings. The zero-order chi connectivity index (χ0) is 14.8. The first-order chi connectivity index (χ1) is 10.1. The first-order valence-electron chi connectivity index (χ1n) is 6.63. The van der Waals surface area contributed by atoms with Crippen molar-refractivity contribution in [3.05, 3.63) is 51.1 Å². The fourth-order valence-electron chi connectivity index (χ4n) is 1.87. The van der Waals surface area contributed by atoms with E-state index in [-0.39, 0.29) is 0 Å².